The van der Waals surface area contributed by atoms with Gasteiger partial charge in [0.25, 0.3) is 0 Å². The molecule has 0 saturated carbocycles. The van der Waals surface area contributed by atoms with Crippen molar-refractivity contribution in [3.63, 3.8) is 0 Å². The lowest BCUT2D eigenvalue weighted by Gasteiger charge is -2.23. The molecular weight excluding hydrogens is 236 g/mol. The first-order valence-corrected chi connectivity index (χ1v) is 6.21. The first kappa shape index (κ1) is 16.7. The number of rotatable bonds is 8. The van der Waals surface area contributed by atoms with E-state index in [0.717, 1.165) is 6.42 Å². The molecule has 0 aliphatic rings. The number of hydrogen-bond donors (Lipinski definition) is 3. The molecule has 6 heteroatoms. The summed E-state index contributed by atoms with van der Waals surface area (Å²) in [5, 5.41) is 20.2. The molecule has 0 saturated heterocycles. The number of likely N-dealkylation sites (N-methyl/N-ethyl adjacent to an activating group) is 1. The van der Waals surface area contributed by atoms with E-state index in [2.05, 4.69) is 5.32 Å². The quantitative estimate of drug-likeness (QED) is 0.605. The predicted octanol–water partition coefficient (Wildman–Crippen LogP) is 0.900. The minimum atomic E-state index is -0.789. The Morgan fingerprint density at radius 1 is 1.28 bits per heavy atom. The third-order valence-corrected chi connectivity index (χ3v) is 3.01. The fourth-order valence-electron chi connectivity index (χ4n) is 1.39. The molecule has 2 unspecified atom stereocenters. The van der Waals surface area contributed by atoms with E-state index in [9.17, 15) is 9.59 Å². The monoisotopic (exact) mass is 260 g/mol. The molecule has 2 atom stereocenters. The normalized spacial score (nSPS) is 13.8. The number of amides is 2. The number of aliphatic carboxylic acids is 1. The van der Waals surface area contributed by atoms with Crippen LogP contribution in [0.1, 0.15) is 33.1 Å². The Balaban J connectivity index is 3.76. The second-order valence-electron chi connectivity index (χ2n) is 4.70. The summed E-state index contributed by atoms with van der Waals surface area (Å²) < 4.78 is 0. The third-order valence-electron chi connectivity index (χ3n) is 3.01. The lowest BCUT2D eigenvalue weighted by Crippen LogP contribution is -2.44. The topological polar surface area (TPSA) is 89.9 Å². The van der Waals surface area contributed by atoms with Crippen LogP contribution in [0.4, 0.5) is 4.79 Å². The van der Waals surface area contributed by atoms with Crippen molar-refractivity contribution in [2.24, 2.45) is 5.92 Å². The zero-order valence-corrected chi connectivity index (χ0v) is 11.3. The number of carboxylic acids is 1. The summed E-state index contributed by atoms with van der Waals surface area (Å²) in [7, 11) is 1.63. The van der Waals surface area contributed by atoms with Crippen LogP contribution >= 0.6 is 0 Å². The lowest BCUT2D eigenvalue weighted by molar-refractivity contribution is -0.137. The molecule has 0 aromatic heterocycles. The summed E-state index contributed by atoms with van der Waals surface area (Å²) in [5.41, 5.74) is 0. The van der Waals surface area contributed by atoms with Crippen LogP contribution in [-0.4, -0.2) is 53.4 Å². The maximum absolute atomic E-state index is 11.6. The van der Waals surface area contributed by atoms with Gasteiger partial charge in [0.05, 0.1) is 12.6 Å². The number of carbonyl (C=O) groups is 2. The third kappa shape index (κ3) is 7.11. The van der Waals surface area contributed by atoms with Crippen molar-refractivity contribution in [3.8, 4) is 0 Å². The van der Waals surface area contributed by atoms with Gasteiger partial charge in [0, 0.05) is 20.0 Å². The van der Waals surface area contributed by atoms with Gasteiger partial charge in [-0.05, 0) is 25.7 Å². The second kappa shape index (κ2) is 8.74. The largest absolute Gasteiger partial charge is 0.481 e. The first-order valence-electron chi connectivity index (χ1n) is 6.21. The van der Waals surface area contributed by atoms with Gasteiger partial charge in [-0.2, -0.15) is 0 Å². The van der Waals surface area contributed by atoms with Crippen LogP contribution in [0, 0.1) is 5.92 Å². The van der Waals surface area contributed by atoms with Crippen LogP contribution in [0.3, 0.4) is 0 Å². The maximum atomic E-state index is 11.6. The van der Waals surface area contributed by atoms with Gasteiger partial charge in [0.2, 0.25) is 0 Å². The van der Waals surface area contributed by atoms with Crippen molar-refractivity contribution >= 4 is 12.0 Å². The highest BCUT2D eigenvalue weighted by atomic mass is 16.4. The van der Waals surface area contributed by atoms with Crippen LogP contribution in [0.15, 0.2) is 0 Å². The van der Waals surface area contributed by atoms with Gasteiger partial charge in [-0.1, -0.05) is 6.92 Å². The summed E-state index contributed by atoms with van der Waals surface area (Å²) in [6.45, 7) is 4.17. The van der Waals surface area contributed by atoms with Gasteiger partial charge in [-0.15, -0.1) is 0 Å². The molecular formula is C12H24N2O4. The molecule has 0 rings (SSSR count). The van der Waals surface area contributed by atoms with Crippen molar-refractivity contribution in [2.75, 3.05) is 20.2 Å². The summed E-state index contributed by atoms with van der Waals surface area (Å²) in [6.07, 6.45) is 1.53. The van der Waals surface area contributed by atoms with Gasteiger partial charge < -0.3 is 20.4 Å². The van der Waals surface area contributed by atoms with Gasteiger partial charge in [0.1, 0.15) is 0 Å². The molecule has 18 heavy (non-hydrogen) atoms. The zero-order chi connectivity index (χ0) is 14.1. The Morgan fingerprint density at radius 2 is 1.89 bits per heavy atom. The Morgan fingerprint density at radius 3 is 2.39 bits per heavy atom. The summed E-state index contributed by atoms with van der Waals surface area (Å²) >= 11 is 0. The molecule has 3 N–H and O–H groups in total. The van der Waals surface area contributed by atoms with Crippen molar-refractivity contribution in [3.05, 3.63) is 0 Å². The van der Waals surface area contributed by atoms with E-state index in [1.165, 1.54) is 4.90 Å². The maximum Gasteiger partial charge on any atom is 0.317 e. The van der Waals surface area contributed by atoms with Crippen molar-refractivity contribution in [2.45, 2.75) is 39.2 Å². The molecule has 2 amide bonds. The number of nitrogens with zero attached hydrogens (tertiary/aromatic N) is 1. The van der Waals surface area contributed by atoms with E-state index in [1.54, 1.807) is 14.0 Å². The molecule has 0 aliphatic heterocycles. The average Bonchev–Trinajstić information content (AvgIpc) is 2.34. The van der Waals surface area contributed by atoms with Crippen LogP contribution < -0.4 is 5.32 Å². The molecule has 0 bridgehead atoms. The number of aliphatic hydroxyl groups excluding tert-OH is 1. The van der Waals surface area contributed by atoms with Gasteiger partial charge in [-0.25, -0.2) is 4.79 Å². The molecule has 0 aliphatic carbocycles. The smallest absolute Gasteiger partial charge is 0.317 e. The van der Waals surface area contributed by atoms with Crippen molar-refractivity contribution < 1.29 is 19.8 Å². The number of carboxylic acid groups (broad SMARTS) is 1. The number of aliphatic hydroxyl groups is 1. The highest BCUT2D eigenvalue weighted by Gasteiger charge is 2.14. The van der Waals surface area contributed by atoms with E-state index < -0.39 is 5.97 Å². The average molecular weight is 260 g/mol. The fourth-order valence-corrected chi connectivity index (χ4v) is 1.39. The van der Waals surface area contributed by atoms with Crippen molar-refractivity contribution in [1.82, 2.24) is 10.2 Å². The second-order valence-corrected chi connectivity index (χ2v) is 4.70. The van der Waals surface area contributed by atoms with Crippen LogP contribution in [0.25, 0.3) is 0 Å². The number of carbonyl (C=O) groups excluding carboxylic acids is 1. The molecule has 0 aromatic rings. The molecule has 106 valence electrons. The minimum absolute atomic E-state index is 0.0705. The van der Waals surface area contributed by atoms with E-state index >= 15 is 0 Å². The van der Waals surface area contributed by atoms with Crippen LogP contribution in [-0.2, 0) is 4.79 Å². The highest BCUT2D eigenvalue weighted by Crippen LogP contribution is 2.09. The summed E-state index contributed by atoms with van der Waals surface area (Å²) in [4.78, 5) is 23.4. The summed E-state index contributed by atoms with van der Waals surface area (Å²) in [6, 6.07) is -0.434. The number of urea groups is 1. The SMILES string of the molecule is CC(CCNC(=O)N(C)C(C)CO)CCC(=O)O. The van der Waals surface area contributed by atoms with E-state index in [-0.39, 0.29) is 31.0 Å². The summed E-state index contributed by atoms with van der Waals surface area (Å²) in [5.74, 6) is -0.524. The Labute approximate surface area is 108 Å². The predicted molar refractivity (Wildman–Crippen MR) is 68.4 cm³/mol. The molecule has 0 radical (unpaired) electrons. The molecule has 0 heterocycles. The van der Waals surface area contributed by atoms with Crippen molar-refractivity contribution in [1.29, 1.82) is 0 Å². The standard InChI is InChI=1S/C12H24N2O4/c1-9(4-5-11(16)17)6-7-13-12(18)14(3)10(2)8-15/h9-10,15H,4-8H2,1-3H3,(H,13,18)(H,16,17). The molecule has 0 fully saturated rings. The zero-order valence-electron chi connectivity index (χ0n) is 11.3. The molecule has 0 aromatic carbocycles. The number of nitrogens with one attached hydrogen (secondary N) is 1. The first-order chi connectivity index (χ1) is 8.38. The molecule has 0 spiro atoms. The van der Waals surface area contributed by atoms with Crippen LogP contribution in [0.5, 0.6) is 0 Å². The number of hydrogen-bond acceptors (Lipinski definition) is 3. The van der Waals surface area contributed by atoms with E-state index in [4.69, 9.17) is 10.2 Å². The molecule has 6 nitrogen and oxygen atoms in total. The van der Waals surface area contributed by atoms with Crippen LogP contribution in [0.2, 0.25) is 0 Å². The van der Waals surface area contributed by atoms with Gasteiger partial charge >= 0.3 is 12.0 Å². The minimum Gasteiger partial charge on any atom is -0.481 e. The van der Waals surface area contributed by atoms with Gasteiger partial charge in [0.15, 0.2) is 0 Å². The van der Waals surface area contributed by atoms with E-state index in [1.807, 2.05) is 6.92 Å². The fraction of sp³-hybridized carbons (Fsp3) is 0.833. The Bertz CT molecular complexity index is 271. The van der Waals surface area contributed by atoms with Gasteiger partial charge in [-0.3, -0.25) is 4.79 Å². The van der Waals surface area contributed by atoms with E-state index in [0.29, 0.717) is 13.0 Å². The Kier molecular flexibility index (Phi) is 8.11. The Hall–Kier alpha value is -1.30. The highest BCUT2D eigenvalue weighted by molar-refractivity contribution is 5.74. The lowest BCUT2D eigenvalue weighted by atomic mass is 10.0.